The number of thioether (sulfide) groups is 1. The fourth-order valence-corrected chi connectivity index (χ4v) is 3.39. The van der Waals surface area contributed by atoms with E-state index < -0.39 is 0 Å². The Morgan fingerprint density at radius 3 is 3.17 bits per heavy atom. The van der Waals surface area contributed by atoms with Crippen molar-refractivity contribution >= 4 is 45.5 Å². The van der Waals surface area contributed by atoms with Crippen molar-refractivity contribution in [3.63, 3.8) is 0 Å². The zero-order valence-corrected chi connectivity index (χ0v) is 11.9. The molecule has 0 aliphatic heterocycles. The quantitative estimate of drug-likeness (QED) is 0.506. The lowest BCUT2D eigenvalue weighted by molar-refractivity contribution is -0.115. The van der Waals surface area contributed by atoms with E-state index in [0.29, 0.717) is 11.6 Å². The summed E-state index contributed by atoms with van der Waals surface area (Å²) in [5, 5.41) is 15.1. The lowest BCUT2D eigenvalue weighted by Crippen LogP contribution is -2.13. The van der Waals surface area contributed by atoms with Crippen molar-refractivity contribution < 1.29 is 4.79 Å². The topological polar surface area (TPSA) is 54.9 Å². The van der Waals surface area contributed by atoms with Gasteiger partial charge in [0.05, 0.1) is 6.42 Å². The zero-order valence-electron chi connectivity index (χ0n) is 9.46. The van der Waals surface area contributed by atoms with Gasteiger partial charge in [0.15, 0.2) is 4.34 Å². The molecular weight excluding hydrogens is 286 g/mol. The molecule has 0 radical (unpaired) electrons. The van der Waals surface area contributed by atoms with Gasteiger partial charge in [0, 0.05) is 5.75 Å². The van der Waals surface area contributed by atoms with Crippen LogP contribution in [0.25, 0.3) is 0 Å². The number of hydrogen-bond donors (Lipinski definition) is 1. The Balaban J connectivity index is 1.87. The minimum atomic E-state index is -0.0650. The lowest BCUT2D eigenvalue weighted by Gasteiger charge is -1.98. The van der Waals surface area contributed by atoms with Gasteiger partial charge >= 0.3 is 0 Å². The molecule has 0 saturated heterocycles. The highest BCUT2D eigenvalue weighted by molar-refractivity contribution is 8.01. The SMILES string of the molecule is C=CCSc1nnc(NC(=O)Cc2ccsc2)s1. The molecule has 4 nitrogen and oxygen atoms in total. The Morgan fingerprint density at radius 2 is 2.44 bits per heavy atom. The summed E-state index contributed by atoms with van der Waals surface area (Å²) in [5.74, 6) is 0.724. The molecule has 0 unspecified atom stereocenters. The molecule has 0 fully saturated rings. The van der Waals surface area contributed by atoms with Crippen LogP contribution in [-0.4, -0.2) is 21.9 Å². The van der Waals surface area contributed by atoms with Crippen LogP contribution in [0, 0.1) is 0 Å². The second kappa shape index (κ2) is 6.67. The maximum absolute atomic E-state index is 11.7. The molecule has 0 aliphatic carbocycles. The van der Waals surface area contributed by atoms with Crippen molar-refractivity contribution in [3.8, 4) is 0 Å². The molecule has 0 bridgehead atoms. The predicted molar refractivity (Wildman–Crippen MR) is 77.5 cm³/mol. The summed E-state index contributed by atoms with van der Waals surface area (Å²) in [7, 11) is 0. The first-order valence-corrected chi connectivity index (χ1v) is 7.90. The fourth-order valence-electron chi connectivity index (χ4n) is 1.19. The first-order chi connectivity index (χ1) is 8.78. The van der Waals surface area contributed by atoms with Gasteiger partial charge in [-0.25, -0.2) is 0 Å². The van der Waals surface area contributed by atoms with Gasteiger partial charge in [-0.15, -0.1) is 16.8 Å². The highest BCUT2D eigenvalue weighted by Crippen LogP contribution is 2.25. The van der Waals surface area contributed by atoms with E-state index in [1.54, 1.807) is 29.2 Å². The van der Waals surface area contributed by atoms with Crippen molar-refractivity contribution in [2.45, 2.75) is 10.8 Å². The highest BCUT2D eigenvalue weighted by atomic mass is 32.2. The Bertz CT molecular complexity index is 521. The summed E-state index contributed by atoms with van der Waals surface area (Å²) in [5.41, 5.74) is 1.02. The Hall–Kier alpha value is -1.18. The van der Waals surface area contributed by atoms with E-state index in [-0.39, 0.29) is 5.91 Å². The molecule has 0 aromatic carbocycles. The summed E-state index contributed by atoms with van der Waals surface area (Å²) >= 11 is 4.51. The van der Waals surface area contributed by atoms with E-state index in [1.807, 2.05) is 16.8 Å². The van der Waals surface area contributed by atoms with E-state index in [4.69, 9.17) is 0 Å². The molecule has 2 rings (SSSR count). The number of amides is 1. The van der Waals surface area contributed by atoms with Crippen LogP contribution in [0.3, 0.4) is 0 Å². The van der Waals surface area contributed by atoms with Crippen LogP contribution in [0.1, 0.15) is 5.56 Å². The molecule has 94 valence electrons. The second-order valence-corrected chi connectivity index (χ2v) is 6.35. The zero-order chi connectivity index (χ0) is 12.8. The van der Waals surface area contributed by atoms with E-state index in [9.17, 15) is 4.79 Å². The van der Waals surface area contributed by atoms with E-state index in [2.05, 4.69) is 22.1 Å². The molecule has 2 aromatic heterocycles. The van der Waals surface area contributed by atoms with Crippen molar-refractivity contribution in [2.75, 3.05) is 11.1 Å². The first kappa shape index (κ1) is 13.3. The van der Waals surface area contributed by atoms with E-state index in [0.717, 1.165) is 15.7 Å². The van der Waals surface area contributed by atoms with Crippen molar-refractivity contribution in [3.05, 3.63) is 35.0 Å². The van der Waals surface area contributed by atoms with Gasteiger partial charge in [0.2, 0.25) is 11.0 Å². The molecule has 1 amide bonds. The number of thiophene rings is 1. The normalized spacial score (nSPS) is 10.2. The molecule has 0 atom stereocenters. The van der Waals surface area contributed by atoms with Crippen LogP contribution in [0.2, 0.25) is 0 Å². The number of nitrogens with one attached hydrogen (secondary N) is 1. The molecule has 2 heterocycles. The van der Waals surface area contributed by atoms with E-state index in [1.165, 1.54) is 11.3 Å². The average molecular weight is 297 g/mol. The van der Waals surface area contributed by atoms with Crippen LogP contribution in [-0.2, 0) is 11.2 Å². The number of carbonyl (C=O) groups is 1. The number of carbonyl (C=O) groups excluding carboxylic acids is 1. The first-order valence-electron chi connectivity index (χ1n) is 5.16. The van der Waals surface area contributed by atoms with Crippen molar-refractivity contribution in [2.24, 2.45) is 0 Å². The summed E-state index contributed by atoms with van der Waals surface area (Å²) in [6, 6.07) is 1.94. The molecule has 0 spiro atoms. The number of aromatic nitrogens is 2. The second-order valence-electron chi connectivity index (χ2n) is 3.33. The third-order valence-corrected chi connectivity index (χ3v) is 4.62. The van der Waals surface area contributed by atoms with Gasteiger partial charge in [-0.2, -0.15) is 11.3 Å². The van der Waals surface area contributed by atoms with Crippen LogP contribution in [0.5, 0.6) is 0 Å². The molecule has 0 saturated carbocycles. The molecule has 7 heteroatoms. The monoisotopic (exact) mass is 297 g/mol. The molecule has 2 aromatic rings. The Kier molecular flexibility index (Phi) is 4.91. The third kappa shape index (κ3) is 3.94. The van der Waals surface area contributed by atoms with Crippen molar-refractivity contribution in [1.82, 2.24) is 10.2 Å². The Morgan fingerprint density at radius 1 is 1.56 bits per heavy atom. The maximum Gasteiger partial charge on any atom is 0.230 e. The van der Waals surface area contributed by atoms with Gasteiger partial charge in [0.1, 0.15) is 0 Å². The summed E-state index contributed by atoms with van der Waals surface area (Å²) in [4.78, 5) is 11.7. The number of anilines is 1. The largest absolute Gasteiger partial charge is 0.300 e. The van der Waals surface area contributed by atoms with Crippen LogP contribution in [0.15, 0.2) is 33.8 Å². The Labute approximate surface area is 117 Å². The van der Waals surface area contributed by atoms with Crippen molar-refractivity contribution in [1.29, 1.82) is 0 Å². The minimum absolute atomic E-state index is 0.0650. The number of hydrogen-bond acceptors (Lipinski definition) is 6. The molecule has 1 N–H and O–H groups in total. The number of rotatable bonds is 6. The standard InChI is InChI=1S/C11H11N3OS3/c1-2-4-17-11-14-13-10(18-11)12-9(15)6-8-3-5-16-7-8/h2-3,5,7H,1,4,6H2,(H,12,13,15). The highest BCUT2D eigenvalue weighted by Gasteiger charge is 2.09. The lowest BCUT2D eigenvalue weighted by atomic mass is 10.2. The van der Waals surface area contributed by atoms with Gasteiger partial charge in [-0.1, -0.05) is 29.2 Å². The third-order valence-electron chi connectivity index (χ3n) is 1.92. The maximum atomic E-state index is 11.7. The van der Waals surface area contributed by atoms with Gasteiger partial charge in [-0.05, 0) is 22.4 Å². The van der Waals surface area contributed by atoms with Crippen LogP contribution in [0.4, 0.5) is 5.13 Å². The summed E-state index contributed by atoms with van der Waals surface area (Å²) in [6.07, 6.45) is 2.18. The van der Waals surface area contributed by atoms with Gasteiger partial charge in [-0.3, -0.25) is 4.79 Å². The predicted octanol–water partition coefficient (Wildman–Crippen LogP) is 3.06. The minimum Gasteiger partial charge on any atom is -0.300 e. The van der Waals surface area contributed by atoms with Crippen LogP contribution < -0.4 is 5.32 Å². The smallest absolute Gasteiger partial charge is 0.230 e. The number of nitrogens with zero attached hydrogens (tertiary/aromatic N) is 2. The van der Waals surface area contributed by atoms with Crippen LogP contribution >= 0.6 is 34.4 Å². The summed E-state index contributed by atoms with van der Waals surface area (Å²) < 4.78 is 0.834. The summed E-state index contributed by atoms with van der Waals surface area (Å²) in [6.45, 7) is 3.64. The molecule has 18 heavy (non-hydrogen) atoms. The molecule has 0 aliphatic rings. The average Bonchev–Trinajstić information content (AvgIpc) is 2.98. The van der Waals surface area contributed by atoms with E-state index >= 15 is 0 Å². The van der Waals surface area contributed by atoms with Gasteiger partial charge in [0.25, 0.3) is 0 Å². The fraction of sp³-hybridized carbons (Fsp3) is 0.182. The van der Waals surface area contributed by atoms with Gasteiger partial charge < -0.3 is 5.32 Å². The molecular formula is C11H11N3OS3.